The van der Waals surface area contributed by atoms with Gasteiger partial charge in [0.25, 0.3) is 5.91 Å². The average molecular weight is 425 g/mol. The van der Waals surface area contributed by atoms with E-state index in [0.717, 1.165) is 42.3 Å². The molecule has 5 rings (SSSR count). The highest BCUT2D eigenvalue weighted by Crippen LogP contribution is 2.19. The summed E-state index contributed by atoms with van der Waals surface area (Å²) in [5.41, 5.74) is 3.67. The summed E-state index contributed by atoms with van der Waals surface area (Å²) in [6.45, 7) is 3.52. The third-order valence-electron chi connectivity index (χ3n) is 5.64. The van der Waals surface area contributed by atoms with E-state index in [-0.39, 0.29) is 5.91 Å². The Kier molecular flexibility index (Phi) is 5.57. The second-order valence-electron chi connectivity index (χ2n) is 7.72. The van der Waals surface area contributed by atoms with Crippen molar-refractivity contribution >= 4 is 11.7 Å². The zero-order valence-corrected chi connectivity index (χ0v) is 17.6. The van der Waals surface area contributed by atoms with Gasteiger partial charge in [0, 0.05) is 68.6 Å². The topological polar surface area (TPSA) is 80.0 Å². The molecule has 0 spiro atoms. The number of piperazine rings is 1. The predicted octanol–water partition coefficient (Wildman–Crippen LogP) is 2.75. The summed E-state index contributed by atoms with van der Waals surface area (Å²) in [5.74, 6) is 0.900. The molecule has 0 saturated carbocycles. The van der Waals surface area contributed by atoms with Crippen molar-refractivity contribution in [1.82, 2.24) is 29.6 Å². The first-order valence-electron chi connectivity index (χ1n) is 10.6. The molecule has 0 radical (unpaired) electrons. The van der Waals surface area contributed by atoms with Crippen LogP contribution in [0.4, 0.5) is 5.82 Å². The van der Waals surface area contributed by atoms with E-state index in [2.05, 4.69) is 25.1 Å². The lowest BCUT2D eigenvalue weighted by molar-refractivity contribution is 0.0746. The number of nitrogens with zero attached hydrogens (tertiary/aromatic N) is 7. The van der Waals surface area contributed by atoms with E-state index in [1.165, 1.54) is 0 Å². The molecule has 1 amide bonds. The van der Waals surface area contributed by atoms with Gasteiger partial charge in [0.2, 0.25) is 0 Å². The normalized spacial score (nSPS) is 13.9. The van der Waals surface area contributed by atoms with Crippen molar-refractivity contribution in [3.63, 3.8) is 0 Å². The molecule has 32 heavy (non-hydrogen) atoms. The molecule has 0 atom stereocenters. The summed E-state index contributed by atoms with van der Waals surface area (Å²) < 4.78 is 2.00. The minimum Gasteiger partial charge on any atom is -0.352 e. The molecule has 1 aromatic carbocycles. The number of imidazole rings is 1. The van der Waals surface area contributed by atoms with E-state index in [9.17, 15) is 4.79 Å². The molecule has 0 N–H and O–H groups in total. The molecule has 1 saturated heterocycles. The lowest BCUT2D eigenvalue weighted by Crippen LogP contribution is -2.49. The number of benzene rings is 1. The number of anilines is 1. The first-order chi connectivity index (χ1) is 15.8. The van der Waals surface area contributed by atoms with Crippen LogP contribution < -0.4 is 4.90 Å². The van der Waals surface area contributed by atoms with Crippen LogP contribution in [0.5, 0.6) is 0 Å². The van der Waals surface area contributed by atoms with Gasteiger partial charge in [0.15, 0.2) is 5.82 Å². The van der Waals surface area contributed by atoms with Crippen molar-refractivity contribution < 1.29 is 4.79 Å². The zero-order valence-electron chi connectivity index (χ0n) is 17.6. The van der Waals surface area contributed by atoms with E-state index < -0.39 is 0 Å². The van der Waals surface area contributed by atoms with Crippen LogP contribution in [0.15, 0.2) is 79.6 Å². The Balaban J connectivity index is 1.18. The average Bonchev–Trinajstić information content (AvgIpc) is 3.38. The molecule has 1 aliphatic rings. The fourth-order valence-electron chi connectivity index (χ4n) is 3.84. The maximum absolute atomic E-state index is 12.9. The molecule has 0 aliphatic carbocycles. The Labute approximate surface area is 186 Å². The number of hydrogen-bond donors (Lipinski definition) is 0. The molecule has 0 unspecified atom stereocenters. The van der Waals surface area contributed by atoms with E-state index in [4.69, 9.17) is 0 Å². The number of amides is 1. The molecule has 8 heteroatoms. The van der Waals surface area contributed by atoms with Gasteiger partial charge in [-0.15, -0.1) is 10.2 Å². The predicted molar refractivity (Wildman–Crippen MR) is 121 cm³/mol. The van der Waals surface area contributed by atoms with Gasteiger partial charge in [-0.1, -0.05) is 12.1 Å². The second kappa shape index (κ2) is 8.97. The highest BCUT2D eigenvalue weighted by molar-refractivity contribution is 5.94. The van der Waals surface area contributed by atoms with Gasteiger partial charge in [0.1, 0.15) is 0 Å². The summed E-state index contributed by atoms with van der Waals surface area (Å²) >= 11 is 0. The summed E-state index contributed by atoms with van der Waals surface area (Å²) in [5, 5.41) is 8.75. The SMILES string of the molecule is O=C(c1ccc(Cn2ccnc2)cc1)N1CCN(c2ccc(-c3ccncc3)nn2)CC1. The highest BCUT2D eigenvalue weighted by atomic mass is 16.2. The lowest BCUT2D eigenvalue weighted by Gasteiger charge is -2.35. The summed E-state index contributed by atoms with van der Waals surface area (Å²) in [7, 11) is 0. The number of pyridine rings is 1. The monoisotopic (exact) mass is 425 g/mol. The van der Waals surface area contributed by atoms with Crippen molar-refractivity contribution in [2.45, 2.75) is 6.54 Å². The van der Waals surface area contributed by atoms with Crippen LogP contribution in [0.2, 0.25) is 0 Å². The van der Waals surface area contributed by atoms with E-state index >= 15 is 0 Å². The van der Waals surface area contributed by atoms with E-state index in [0.29, 0.717) is 18.7 Å². The van der Waals surface area contributed by atoms with Crippen molar-refractivity contribution in [3.05, 3.63) is 90.8 Å². The Hall–Kier alpha value is -4.07. The molecule has 3 aromatic heterocycles. The molecule has 4 heterocycles. The number of aromatic nitrogens is 5. The molecule has 0 bridgehead atoms. The van der Waals surface area contributed by atoms with Gasteiger partial charge in [-0.25, -0.2) is 4.98 Å². The van der Waals surface area contributed by atoms with Crippen LogP contribution >= 0.6 is 0 Å². The molecule has 1 fully saturated rings. The van der Waals surface area contributed by atoms with Crippen LogP contribution in [0.1, 0.15) is 15.9 Å². The van der Waals surface area contributed by atoms with Crippen LogP contribution in [0.25, 0.3) is 11.3 Å². The number of carbonyl (C=O) groups excluding carboxylic acids is 1. The number of rotatable bonds is 5. The van der Waals surface area contributed by atoms with Crippen LogP contribution in [-0.4, -0.2) is 61.7 Å². The fraction of sp³-hybridized carbons (Fsp3) is 0.208. The number of hydrogen-bond acceptors (Lipinski definition) is 6. The first kappa shape index (κ1) is 19.9. The molecule has 160 valence electrons. The van der Waals surface area contributed by atoms with Crippen molar-refractivity contribution in [3.8, 4) is 11.3 Å². The van der Waals surface area contributed by atoms with E-state index in [1.807, 2.05) is 64.2 Å². The first-order valence-corrected chi connectivity index (χ1v) is 10.6. The zero-order chi connectivity index (χ0) is 21.8. The van der Waals surface area contributed by atoms with Gasteiger partial charge >= 0.3 is 0 Å². The largest absolute Gasteiger partial charge is 0.352 e. The molecule has 4 aromatic rings. The lowest BCUT2D eigenvalue weighted by atomic mass is 10.1. The summed E-state index contributed by atoms with van der Waals surface area (Å²) in [4.78, 5) is 25.1. The molecule has 8 nitrogen and oxygen atoms in total. The quantitative estimate of drug-likeness (QED) is 0.489. The van der Waals surface area contributed by atoms with Gasteiger partial charge in [-0.3, -0.25) is 9.78 Å². The fourth-order valence-corrected chi connectivity index (χ4v) is 3.84. The second-order valence-corrected chi connectivity index (χ2v) is 7.72. The molecular weight excluding hydrogens is 402 g/mol. The van der Waals surface area contributed by atoms with Crippen LogP contribution in [-0.2, 0) is 6.54 Å². The number of carbonyl (C=O) groups is 1. The maximum atomic E-state index is 12.9. The van der Waals surface area contributed by atoms with Gasteiger partial charge in [0.05, 0.1) is 12.0 Å². The van der Waals surface area contributed by atoms with Crippen molar-refractivity contribution in [1.29, 1.82) is 0 Å². The molecular formula is C24H23N7O. The van der Waals surface area contributed by atoms with Crippen molar-refractivity contribution in [2.24, 2.45) is 0 Å². The van der Waals surface area contributed by atoms with Gasteiger partial charge < -0.3 is 14.4 Å². The Morgan fingerprint density at radius 2 is 1.59 bits per heavy atom. The Bertz CT molecular complexity index is 1150. The van der Waals surface area contributed by atoms with Gasteiger partial charge in [-0.05, 0) is 42.0 Å². The van der Waals surface area contributed by atoms with E-state index in [1.54, 1.807) is 24.9 Å². The highest BCUT2D eigenvalue weighted by Gasteiger charge is 2.23. The third-order valence-corrected chi connectivity index (χ3v) is 5.64. The minimum absolute atomic E-state index is 0.0675. The Morgan fingerprint density at radius 1 is 0.812 bits per heavy atom. The van der Waals surface area contributed by atoms with Gasteiger partial charge in [-0.2, -0.15) is 0 Å². The minimum atomic E-state index is 0.0675. The van der Waals surface area contributed by atoms with Crippen LogP contribution in [0, 0.1) is 0 Å². The van der Waals surface area contributed by atoms with Crippen LogP contribution in [0.3, 0.4) is 0 Å². The maximum Gasteiger partial charge on any atom is 0.253 e. The Morgan fingerprint density at radius 3 is 2.25 bits per heavy atom. The van der Waals surface area contributed by atoms with Crippen molar-refractivity contribution in [2.75, 3.05) is 31.1 Å². The summed E-state index contributed by atoms with van der Waals surface area (Å²) in [6.07, 6.45) is 8.96. The molecule has 1 aliphatic heterocycles. The standard InChI is InChI=1S/C24H23N7O/c32-24(21-3-1-19(2-4-21)17-29-12-11-26-18-29)31-15-13-30(14-16-31)23-6-5-22(27-28-23)20-7-9-25-10-8-20/h1-12,18H,13-17H2. The smallest absolute Gasteiger partial charge is 0.253 e. The third kappa shape index (κ3) is 4.34. The summed E-state index contributed by atoms with van der Waals surface area (Å²) in [6, 6.07) is 15.6.